The van der Waals surface area contributed by atoms with Crippen LogP contribution in [0.15, 0.2) is 0 Å². The number of thioether (sulfide) groups is 1. The van der Waals surface area contributed by atoms with Crippen molar-refractivity contribution in [1.29, 1.82) is 0 Å². The molecule has 0 bridgehead atoms. The maximum absolute atomic E-state index is 6.11. The monoisotopic (exact) mass is 216 g/mol. The van der Waals surface area contributed by atoms with E-state index in [1.54, 1.807) is 0 Å². The normalized spacial score (nSPS) is 32.1. The van der Waals surface area contributed by atoms with Crippen molar-refractivity contribution in [1.82, 2.24) is 4.90 Å². The zero-order valence-corrected chi connectivity index (χ0v) is 10.7. The number of hydrogen-bond acceptors (Lipinski definition) is 3. The second kappa shape index (κ2) is 5.38. The minimum Gasteiger partial charge on any atom is -0.326 e. The Labute approximate surface area is 92.6 Å². The molecule has 1 saturated heterocycles. The molecule has 14 heavy (non-hydrogen) atoms. The highest BCUT2D eigenvalue weighted by Crippen LogP contribution is 2.24. The molecule has 3 atom stereocenters. The highest BCUT2D eigenvalue weighted by atomic mass is 32.2. The summed E-state index contributed by atoms with van der Waals surface area (Å²) in [5.74, 6) is 1.85. The van der Waals surface area contributed by atoms with Crippen molar-refractivity contribution >= 4 is 11.8 Å². The van der Waals surface area contributed by atoms with Crippen molar-refractivity contribution in [3.63, 3.8) is 0 Å². The van der Waals surface area contributed by atoms with E-state index in [4.69, 9.17) is 5.73 Å². The fraction of sp³-hybridized carbons (Fsp3) is 1.00. The smallest absolute Gasteiger partial charge is 0.0191 e. The van der Waals surface area contributed by atoms with Gasteiger partial charge in [-0.1, -0.05) is 20.8 Å². The van der Waals surface area contributed by atoms with Crippen molar-refractivity contribution in [2.45, 2.75) is 45.0 Å². The lowest BCUT2D eigenvalue weighted by atomic mass is 10.0. The van der Waals surface area contributed by atoms with Gasteiger partial charge in [-0.15, -0.1) is 0 Å². The van der Waals surface area contributed by atoms with Gasteiger partial charge < -0.3 is 5.73 Å². The molecular formula is C11H24N2S. The second-order valence-corrected chi connectivity index (χ2v) is 6.20. The van der Waals surface area contributed by atoms with Crippen LogP contribution in [0.2, 0.25) is 0 Å². The van der Waals surface area contributed by atoms with Crippen molar-refractivity contribution in [3.05, 3.63) is 0 Å². The molecule has 2 unspecified atom stereocenters. The summed E-state index contributed by atoms with van der Waals surface area (Å²) in [5, 5.41) is 0.753. The van der Waals surface area contributed by atoms with E-state index in [1.165, 1.54) is 12.3 Å². The first-order valence-corrected chi connectivity index (χ1v) is 6.68. The van der Waals surface area contributed by atoms with Gasteiger partial charge in [-0.2, -0.15) is 11.8 Å². The predicted octanol–water partition coefficient (Wildman–Crippen LogP) is 1.80. The fourth-order valence-electron chi connectivity index (χ4n) is 1.73. The van der Waals surface area contributed by atoms with Gasteiger partial charge in [-0.05, 0) is 12.8 Å². The highest BCUT2D eigenvalue weighted by Gasteiger charge is 2.26. The molecule has 1 heterocycles. The first kappa shape index (κ1) is 12.3. The van der Waals surface area contributed by atoms with Crippen LogP contribution >= 0.6 is 11.8 Å². The summed E-state index contributed by atoms with van der Waals surface area (Å²) in [5.41, 5.74) is 6.11. The van der Waals surface area contributed by atoms with Gasteiger partial charge in [0.15, 0.2) is 0 Å². The van der Waals surface area contributed by atoms with Crippen molar-refractivity contribution in [3.8, 4) is 0 Å². The average molecular weight is 216 g/mol. The van der Waals surface area contributed by atoms with Crippen LogP contribution in [0.25, 0.3) is 0 Å². The SMILES string of the molecule is CC1SCCN(C[C@H](N)C(C)C)C1C. The summed E-state index contributed by atoms with van der Waals surface area (Å²) in [6.07, 6.45) is 0. The quantitative estimate of drug-likeness (QED) is 0.780. The molecule has 1 rings (SSSR count). The summed E-state index contributed by atoms with van der Waals surface area (Å²) in [4.78, 5) is 2.55. The Hall–Kier alpha value is 0.270. The minimum absolute atomic E-state index is 0.327. The van der Waals surface area contributed by atoms with Crippen LogP contribution < -0.4 is 5.73 Å². The van der Waals surface area contributed by atoms with Crippen LogP contribution in [-0.2, 0) is 0 Å². The number of hydrogen-bond donors (Lipinski definition) is 1. The maximum Gasteiger partial charge on any atom is 0.0191 e. The van der Waals surface area contributed by atoms with Crippen LogP contribution in [-0.4, -0.2) is 41.1 Å². The van der Waals surface area contributed by atoms with Gasteiger partial charge in [0.1, 0.15) is 0 Å². The van der Waals surface area contributed by atoms with Crippen LogP contribution in [0.5, 0.6) is 0 Å². The molecule has 0 saturated carbocycles. The largest absolute Gasteiger partial charge is 0.326 e. The molecule has 0 aromatic rings. The van der Waals surface area contributed by atoms with E-state index in [2.05, 4.69) is 44.4 Å². The highest BCUT2D eigenvalue weighted by molar-refractivity contribution is 8.00. The molecule has 2 nitrogen and oxygen atoms in total. The lowest BCUT2D eigenvalue weighted by Gasteiger charge is -2.39. The zero-order valence-electron chi connectivity index (χ0n) is 9.86. The molecule has 0 radical (unpaired) electrons. The van der Waals surface area contributed by atoms with E-state index >= 15 is 0 Å². The molecule has 0 aliphatic carbocycles. The van der Waals surface area contributed by atoms with E-state index < -0.39 is 0 Å². The van der Waals surface area contributed by atoms with Crippen LogP contribution in [0, 0.1) is 5.92 Å². The Bertz CT molecular complexity index is 173. The summed E-state index contributed by atoms with van der Waals surface area (Å²) >= 11 is 2.08. The van der Waals surface area contributed by atoms with Crippen molar-refractivity contribution < 1.29 is 0 Å². The lowest BCUT2D eigenvalue weighted by Crippen LogP contribution is -2.50. The van der Waals surface area contributed by atoms with E-state index in [-0.39, 0.29) is 0 Å². The van der Waals surface area contributed by atoms with Crippen LogP contribution in [0.1, 0.15) is 27.7 Å². The molecule has 84 valence electrons. The predicted molar refractivity (Wildman–Crippen MR) is 65.8 cm³/mol. The first-order valence-electron chi connectivity index (χ1n) is 5.63. The van der Waals surface area contributed by atoms with E-state index in [9.17, 15) is 0 Å². The van der Waals surface area contributed by atoms with Gasteiger partial charge in [0, 0.05) is 36.2 Å². The standard InChI is InChI=1S/C11H24N2S/c1-8(2)11(12)7-13-5-6-14-10(4)9(13)3/h8-11H,5-7,12H2,1-4H3/t9?,10?,11-/m0/s1. The fourth-order valence-corrected chi connectivity index (χ4v) is 2.90. The van der Waals surface area contributed by atoms with Crippen molar-refractivity contribution in [2.24, 2.45) is 11.7 Å². The Morgan fingerprint density at radius 1 is 1.43 bits per heavy atom. The average Bonchev–Trinajstić information content (AvgIpc) is 2.12. The Kier molecular flexibility index (Phi) is 4.74. The van der Waals surface area contributed by atoms with Gasteiger partial charge in [0.2, 0.25) is 0 Å². The topological polar surface area (TPSA) is 29.3 Å². The van der Waals surface area contributed by atoms with E-state index in [0.29, 0.717) is 18.0 Å². The molecule has 0 amide bonds. The molecule has 0 spiro atoms. The third kappa shape index (κ3) is 3.14. The second-order valence-electron chi connectivity index (χ2n) is 4.72. The molecular weight excluding hydrogens is 192 g/mol. The Morgan fingerprint density at radius 2 is 2.07 bits per heavy atom. The maximum atomic E-state index is 6.11. The van der Waals surface area contributed by atoms with Crippen LogP contribution in [0.4, 0.5) is 0 Å². The van der Waals surface area contributed by atoms with Gasteiger partial charge in [0.25, 0.3) is 0 Å². The molecule has 3 heteroatoms. The van der Waals surface area contributed by atoms with Gasteiger partial charge in [-0.25, -0.2) is 0 Å². The number of rotatable bonds is 3. The molecule has 1 fully saturated rings. The summed E-state index contributed by atoms with van der Waals surface area (Å²) in [7, 11) is 0. The lowest BCUT2D eigenvalue weighted by molar-refractivity contribution is 0.187. The summed E-state index contributed by atoms with van der Waals surface area (Å²) in [6, 6.07) is 1.01. The van der Waals surface area contributed by atoms with Gasteiger partial charge in [-0.3, -0.25) is 4.90 Å². The molecule has 1 aliphatic rings. The van der Waals surface area contributed by atoms with Crippen molar-refractivity contribution in [2.75, 3.05) is 18.8 Å². The van der Waals surface area contributed by atoms with Gasteiger partial charge in [0.05, 0.1) is 0 Å². The molecule has 2 N–H and O–H groups in total. The van der Waals surface area contributed by atoms with Crippen LogP contribution in [0.3, 0.4) is 0 Å². The zero-order chi connectivity index (χ0) is 10.7. The minimum atomic E-state index is 0.327. The number of nitrogens with zero attached hydrogens (tertiary/aromatic N) is 1. The van der Waals surface area contributed by atoms with E-state index in [1.807, 2.05) is 0 Å². The molecule has 0 aromatic heterocycles. The van der Waals surface area contributed by atoms with E-state index in [0.717, 1.165) is 11.8 Å². The Balaban J connectivity index is 2.43. The molecule has 0 aromatic carbocycles. The molecule has 1 aliphatic heterocycles. The summed E-state index contributed by atoms with van der Waals surface area (Å²) < 4.78 is 0. The number of nitrogens with two attached hydrogens (primary N) is 1. The Morgan fingerprint density at radius 3 is 2.64 bits per heavy atom. The first-order chi connectivity index (χ1) is 6.52. The summed E-state index contributed by atoms with van der Waals surface area (Å²) in [6.45, 7) is 11.3. The van der Waals surface area contributed by atoms with Gasteiger partial charge >= 0.3 is 0 Å². The third-order valence-electron chi connectivity index (χ3n) is 3.32. The third-order valence-corrected chi connectivity index (χ3v) is 4.65.